The van der Waals surface area contributed by atoms with E-state index in [9.17, 15) is 24.3 Å². The normalized spacial score (nSPS) is 19.3. The van der Waals surface area contributed by atoms with E-state index in [2.05, 4.69) is 28.1 Å². The lowest BCUT2D eigenvalue weighted by atomic mass is 9.98. The molecular formula is C26H29N3O6. The molecule has 0 spiro atoms. The molecule has 4 rings (SSSR count). The topological polar surface area (TPSA) is 134 Å². The van der Waals surface area contributed by atoms with E-state index >= 15 is 0 Å². The number of nitrogens with one attached hydrogen (secondary N) is 3. The van der Waals surface area contributed by atoms with Gasteiger partial charge in [0, 0.05) is 24.9 Å². The van der Waals surface area contributed by atoms with Crippen molar-refractivity contribution in [3.05, 3.63) is 59.7 Å². The predicted molar refractivity (Wildman–Crippen MR) is 128 cm³/mol. The molecule has 1 saturated heterocycles. The molecule has 0 saturated carbocycles. The Morgan fingerprint density at radius 1 is 1.09 bits per heavy atom. The molecule has 1 heterocycles. The van der Waals surface area contributed by atoms with Crippen molar-refractivity contribution in [3.63, 3.8) is 0 Å². The summed E-state index contributed by atoms with van der Waals surface area (Å²) in [5.74, 6) is -3.28. The number of hydrogen-bond acceptors (Lipinski definition) is 5. The fourth-order valence-corrected chi connectivity index (χ4v) is 4.85. The van der Waals surface area contributed by atoms with Crippen LogP contribution in [0.5, 0.6) is 0 Å². The van der Waals surface area contributed by atoms with Gasteiger partial charge in [-0.2, -0.15) is 0 Å². The minimum Gasteiger partial charge on any atom is -0.481 e. The first-order chi connectivity index (χ1) is 16.9. The lowest BCUT2D eigenvalue weighted by Gasteiger charge is -2.21. The molecule has 1 aliphatic carbocycles. The van der Waals surface area contributed by atoms with E-state index in [-0.39, 0.29) is 25.5 Å². The Labute approximate surface area is 203 Å². The molecule has 2 aromatic rings. The first-order valence-electron chi connectivity index (χ1n) is 11.8. The first-order valence-corrected chi connectivity index (χ1v) is 11.8. The standard InChI is InChI=1S/C26H29N3O6/c1-2-7-15(12-22(30)29-23-20(25(32)33)13-27-24(23)31)28-26(34)35-14-21-18-10-5-3-8-16(18)17-9-4-6-11-19(17)21/h3-6,8-11,15,20-21,23H,2,7,12-14H2,1H3,(H,27,31)(H,28,34)(H,29,30)(H,32,33)/t15-,20?,23?/m1/s1. The summed E-state index contributed by atoms with van der Waals surface area (Å²) in [6.07, 6.45) is 0.522. The van der Waals surface area contributed by atoms with Gasteiger partial charge in [0.25, 0.3) is 0 Å². The summed E-state index contributed by atoms with van der Waals surface area (Å²) < 4.78 is 5.57. The molecule has 9 heteroatoms. The van der Waals surface area contributed by atoms with Crippen LogP contribution in [0.25, 0.3) is 11.1 Å². The van der Waals surface area contributed by atoms with E-state index in [0.29, 0.717) is 12.8 Å². The third-order valence-corrected chi connectivity index (χ3v) is 6.55. The second-order valence-electron chi connectivity index (χ2n) is 8.89. The summed E-state index contributed by atoms with van der Waals surface area (Å²) in [5.41, 5.74) is 4.48. The van der Waals surface area contributed by atoms with Gasteiger partial charge >= 0.3 is 12.1 Å². The van der Waals surface area contributed by atoms with Gasteiger partial charge in [0.1, 0.15) is 18.6 Å². The summed E-state index contributed by atoms with van der Waals surface area (Å²) in [5, 5.41) is 17.0. The van der Waals surface area contributed by atoms with Crippen LogP contribution in [0.1, 0.15) is 43.2 Å². The average Bonchev–Trinajstić information content (AvgIpc) is 3.35. The third-order valence-electron chi connectivity index (χ3n) is 6.55. The molecule has 0 bridgehead atoms. The van der Waals surface area contributed by atoms with Crippen molar-refractivity contribution in [1.29, 1.82) is 0 Å². The maximum absolute atomic E-state index is 12.6. The van der Waals surface area contributed by atoms with Gasteiger partial charge in [-0.15, -0.1) is 0 Å². The molecule has 0 aromatic heterocycles. The Morgan fingerprint density at radius 2 is 1.71 bits per heavy atom. The minimum atomic E-state index is -1.16. The summed E-state index contributed by atoms with van der Waals surface area (Å²) in [6, 6.07) is 14.5. The van der Waals surface area contributed by atoms with Crippen molar-refractivity contribution in [2.45, 2.75) is 44.2 Å². The Kier molecular flexibility index (Phi) is 7.33. The maximum Gasteiger partial charge on any atom is 0.407 e. The fraction of sp³-hybridized carbons (Fsp3) is 0.385. The quantitative estimate of drug-likeness (QED) is 0.436. The van der Waals surface area contributed by atoms with Gasteiger partial charge in [0.15, 0.2) is 0 Å². The number of carboxylic acids is 1. The van der Waals surface area contributed by atoms with Crippen LogP contribution >= 0.6 is 0 Å². The molecule has 1 aliphatic heterocycles. The number of amides is 3. The van der Waals surface area contributed by atoms with Gasteiger partial charge in [-0.1, -0.05) is 61.9 Å². The zero-order valence-electron chi connectivity index (χ0n) is 19.5. The predicted octanol–water partition coefficient (Wildman–Crippen LogP) is 2.40. The van der Waals surface area contributed by atoms with Crippen molar-refractivity contribution in [3.8, 4) is 11.1 Å². The minimum absolute atomic E-state index is 0.0322. The molecule has 3 atom stereocenters. The molecule has 3 amide bonds. The van der Waals surface area contributed by atoms with Crippen LogP contribution in [0.3, 0.4) is 0 Å². The van der Waals surface area contributed by atoms with Gasteiger partial charge in [0.05, 0.1) is 0 Å². The van der Waals surface area contributed by atoms with E-state index in [1.54, 1.807) is 0 Å². The molecule has 9 nitrogen and oxygen atoms in total. The largest absolute Gasteiger partial charge is 0.481 e. The van der Waals surface area contributed by atoms with E-state index in [1.807, 2.05) is 43.3 Å². The van der Waals surface area contributed by atoms with Gasteiger partial charge in [-0.05, 0) is 28.7 Å². The Bertz CT molecular complexity index is 1090. The van der Waals surface area contributed by atoms with E-state index in [1.165, 1.54) is 0 Å². The number of hydrogen-bond donors (Lipinski definition) is 4. The summed E-state index contributed by atoms with van der Waals surface area (Å²) in [6.45, 7) is 2.05. The number of carbonyl (C=O) groups excluding carboxylic acids is 3. The SMILES string of the molecule is CCC[C@H](CC(=O)NC1C(=O)NCC1C(=O)O)NC(=O)OCC1c2ccccc2-c2ccccc21. The van der Waals surface area contributed by atoms with E-state index < -0.39 is 41.9 Å². The number of carbonyl (C=O) groups is 4. The van der Waals surface area contributed by atoms with Crippen LogP contribution < -0.4 is 16.0 Å². The number of rotatable bonds is 9. The molecule has 2 aliphatic rings. The van der Waals surface area contributed by atoms with Crippen molar-refractivity contribution in [2.24, 2.45) is 5.92 Å². The zero-order chi connectivity index (χ0) is 24.9. The highest BCUT2D eigenvalue weighted by atomic mass is 16.5. The summed E-state index contributed by atoms with van der Waals surface area (Å²) in [7, 11) is 0. The highest BCUT2D eigenvalue weighted by Crippen LogP contribution is 2.44. The molecule has 2 unspecified atom stereocenters. The smallest absolute Gasteiger partial charge is 0.407 e. The van der Waals surface area contributed by atoms with Crippen LogP contribution in [-0.2, 0) is 19.1 Å². The van der Waals surface area contributed by atoms with E-state index in [4.69, 9.17) is 4.74 Å². The van der Waals surface area contributed by atoms with Crippen LogP contribution in [0.15, 0.2) is 48.5 Å². The third kappa shape index (κ3) is 5.29. The lowest BCUT2D eigenvalue weighted by Crippen LogP contribution is -2.48. The van der Waals surface area contributed by atoms with Gasteiger partial charge < -0.3 is 25.8 Å². The number of benzene rings is 2. The number of fused-ring (bicyclic) bond motifs is 3. The highest BCUT2D eigenvalue weighted by Gasteiger charge is 2.40. The summed E-state index contributed by atoms with van der Waals surface area (Å²) in [4.78, 5) is 48.4. The monoisotopic (exact) mass is 479 g/mol. The molecular weight excluding hydrogens is 450 g/mol. The first kappa shape index (κ1) is 24.3. The van der Waals surface area contributed by atoms with Crippen LogP contribution in [-0.4, -0.2) is 54.2 Å². The second-order valence-corrected chi connectivity index (χ2v) is 8.89. The van der Waals surface area contributed by atoms with Crippen LogP contribution in [0.4, 0.5) is 4.79 Å². The number of carboxylic acid groups (broad SMARTS) is 1. The lowest BCUT2D eigenvalue weighted by molar-refractivity contribution is -0.143. The van der Waals surface area contributed by atoms with Crippen molar-refractivity contribution < 1.29 is 29.0 Å². The van der Waals surface area contributed by atoms with Crippen molar-refractivity contribution >= 4 is 23.9 Å². The van der Waals surface area contributed by atoms with Gasteiger partial charge in [-0.25, -0.2) is 4.79 Å². The van der Waals surface area contributed by atoms with Gasteiger partial charge in [0.2, 0.25) is 11.8 Å². The molecule has 35 heavy (non-hydrogen) atoms. The van der Waals surface area contributed by atoms with Gasteiger partial charge in [-0.3, -0.25) is 14.4 Å². The highest BCUT2D eigenvalue weighted by molar-refractivity contribution is 5.94. The average molecular weight is 480 g/mol. The zero-order valence-corrected chi connectivity index (χ0v) is 19.5. The molecule has 1 fully saturated rings. The maximum atomic E-state index is 12.6. The number of alkyl carbamates (subject to hydrolysis) is 1. The molecule has 184 valence electrons. The van der Waals surface area contributed by atoms with E-state index in [0.717, 1.165) is 22.3 Å². The van der Waals surface area contributed by atoms with Crippen molar-refractivity contribution in [2.75, 3.05) is 13.2 Å². The van der Waals surface area contributed by atoms with Crippen LogP contribution in [0.2, 0.25) is 0 Å². The Balaban J connectivity index is 1.34. The molecule has 2 aromatic carbocycles. The molecule has 4 N–H and O–H groups in total. The number of ether oxygens (including phenoxy) is 1. The van der Waals surface area contributed by atoms with Crippen molar-refractivity contribution in [1.82, 2.24) is 16.0 Å². The fourth-order valence-electron chi connectivity index (χ4n) is 4.85. The molecule has 0 radical (unpaired) electrons. The Hall–Kier alpha value is -3.88. The Morgan fingerprint density at radius 3 is 2.31 bits per heavy atom. The second kappa shape index (κ2) is 10.6. The number of aliphatic carboxylic acids is 1. The summed E-state index contributed by atoms with van der Waals surface area (Å²) >= 11 is 0. The van der Waals surface area contributed by atoms with Crippen LogP contribution in [0, 0.1) is 5.92 Å².